The lowest BCUT2D eigenvalue weighted by molar-refractivity contribution is 0.160. The Balaban J connectivity index is 1.89. The summed E-state index contributed by atoms with van der Waals surface area (Å²) in [6, 6.07) is 7.00. The molecule has 0 aliphatic heterocycles. The number of aryl methyl sites for hydroxylation is 2. The van der Waals surface area contributed by atoms with Crippen molar-refractivity contribution >= 4 is 0 Å². The summed E-state index contributed by atoms with van der Waals surface area (Å²) in [4.78, 5) is 2.26. The van der Waals surface area contributed by atoms with Crippen LogP contribution < -0.4 is 5.73 Å². The SMILES string of the molecule is COCC(N)CN(C)Cc1ccc2c(c1)CCC2. The zero-order valence-corrected chi connectivity index (χ0v) is 11.5. The van der Waals surface area contributed by atoms with Crippen molar-refractivity contribution in [3.8, 4) is 0 Å². The quantitative estimate of drug-likeness (QED) is 0.830. The van der Waals surface area contributed by atoms with Gasteiger partial charge in [-0.25, -0.2) is 0 Å². The first kappa shape index (κ1) is 13.5. The summed E-state index contributed by atoms with van der Waals surface area (Å²) >= 11 is 0. The Morgan fingerprint density at radius 2 is 2.11 bits per heavy atom. The molecule has 2 rings (SSSR count). The fourth-order valence-corrected chi connectivity index (χ4v) is 2.77. The number of ether oxygens (including phenoxy) is 1. The maximum atomic E-state index is 5.96. The third-order valence-corrected chi connectivity index (χ3v) is 3.54. The molecule has 0 bridgehead atoms. The van der Waals surface area contributed by atoms with Gasteiger partial charge in [-0.3, -0.25) is 0 Å². The van der Waals surface area contributed by atoms with E-state index in [9.17, 15) is 0 Å². The van der Waals surface area contributed by atoms with Crippen molar-refractivity contribution in [2.24, 2.45) is 5.73 Å². The van der Waals surface area contributed by atoms with Crippen LogP contribution >= 0.6 is 0 Å². The van der Waals surface area contributed by atoms with E-state index in [1.165, 1.54) is 30.4 Å². The first-order valence-electron chi connectivity index (χ1n) is 6.73. The van der Waals surface area contributed by atoms with E-state index in [0.29, 0.717) is 6.61 Å². The highest BCUT2D eigenvalue weighted by atomic mass is 16.5. The second-order valence-corrected chi connectivity index (χ2v) is 5.37. The number of methoxy groups -OCH3 is 1. The van der Waals surface area contributed by atoms with E-state index in [1.54, 1.807) is 12.7 Å². The molecule has 0 aromatic heterocycles. The summed E-state index contributed by atoms with van der Waals surface area (Å²) in [5, 5.41) is 0. The van der Waals surface area contributed by atoms with E-state index < -0.39 is 0 Å². The fraction of sp³-hybridized carbons (Fsp3) is 0.600. The molecule has 0 radical (unpaired) electrons. The summed E-state index contributed by atoms with van der Waals surface area (Å²) in [6.07, 6.45) is 3.81. The zero-order valence-electron chi connectivity index (χ0n) is 11.5. The summed E-state index contributed by atoms with van der Waals surface area (Å²) in [7, 11) is 3.81. The van der Waals surface area contributed by atoms with E-state index in [1.807, 2.05) is 0 Å². The Hall–Kier alpha value is -0.900. The van der Waals surface area contributed by atoms with Gasteiger partial charge in [0.1, 0.15) is 0 Å². The van der Waals surface area contributed by atoms with E-state index in [4.69, 9.17) is 10.5 Å². The molecule has 1 aliphatic rings. The van der Waals surface area contributed by atoms with Crippen molar-refractivity contribution in [2.45, 2.75) is 31.8 Å². The summed E-state index contributed by atoms with van der Waals surface area (Å²) in [5.74, 6) is 0. The molecule has 3 heteroatoms. The van der Waals surface area contributed by atoms with Gasteiger partial charge in [0.2, 0.25) is 0 Å². The molecule has 1 unspecified atom stereocenters. The molecule has 1 aliphatic carbocycles. The third kappa shape index (κ3) is 3.55. The van der Waals surface area contributed by atoms with E-state index in [-0.39, 0.29) is 6.04 Å². The number of nitrogens with two attached hydrogens (primary N) is 1. The number of fused-ring (bicyclic) bond motifs is 1. The van der Waals surface area contributed by atoms with Gasteiger partial charge in [0.25, 0.3) is 0 Å². The van der Waals surface area contributed by atoms with Crippen LogP contribution in [0.3, 0.4) is 0 Å². The summed E-state index contributed by atoms with van der Waals surface area (Å²) in [6.45, 7) is 2.45. The van der Waals surface area contributed by atoms with E-state index in [2.05, 4.69) is 30.1 Å². The van der Waals surface area contributed by atoms with Gasteiger partial charge in [0.15, 0.2) is 0 Å². The predicted molar refractivity (Wildman–Crippen MR) is 74.7 cm³/mol. The number of hydrogen-bond acceptors (Lipinski definition) is 3. The van der Waals surface area contributed by atoms with Gasteiger partial charge in [-0.2, -0.15) is 0 Å². The van der Waals surface area contributed by atoms with Crippen LogP contribution in [0.15, 0.2) is 18.2 Å². The van der Waals surface area contributed by atoms with Gasteiger partial charge in [0.05, 0.1) is 6.61 Å². The third-order valence-electron chi connectivity index (χ3n) is 3.54. The largest absolute Gasteiger partial charge is 0.383 e. The van der Waals surface area contributed by atoms with E-state index >= 15 is 0 Å². The molecular formula is C15H24N2O. The maximum Gasteiger partial charge on any atom is 0.0626 e. The highest BCUT2D eigenvalue weighted by Gasteiger charge is 2.12. The average Bonchev–Trinajstić information content (AvgIpc) is 2.76. The lowest BCUT2D eigenvalue weighted by Crippen LogP contribution is -2.38. The molecular weight excluding hydrogens is 224 g/mol. The molecule has 1 aromatic rings. The predicted octanol–water partition coefficient (Wildman–Crippen LogP) is 1.58. The van der Waals surface area contributed by atoms with Crippen LogP contribution in [0.25, 0.3) is 0 Å². The Kier molecular flexibility index (Phi) is 4.75. The molecule has 1 aromatic carbocycles. The smallest absolute Gasteiger partial charge is 0.0626 e. The Morgan fingerprint density at radius 3 is 2.89 bits per heavy atom. The molecule has 2 N–H and O–H groups in total. The fourth-order valence-electron chi connectivity index (χ4n) is 2.77. The lowest BCUT2D eigenvalue weighted by Gasteiger charge is -2.21. The van der Waals surface area contributed by atoms with Crippen molar-refractivity contribution in [2.75, 3.05) is 27.3 Å². The monoisotopic (exact) mass is 248 g/mol. The maximum absolute atomic E-state index is 5.96. The Labute approximate surface area is 110 Å². The standard InChI is InChI=1S/C15H24N2O/c1-17(10-15(16)11-18-2)9-12-6-7-13-4-3-5-14(13)8-12/h6-8,15H,3-5,9-11,16H2,1-2H3. The number of nitrogens with zero attached hydrogens (tertiary/aromatic N) is 1. The number of rotatable bonds is 6. The van der Waals surface area contributed by atoms with Gasteiger partial charge in [-0.1, -0.05) is 18.2 Å². The molecule has 100 valence electrons. The minimum absolute atomic E-state index is 0.0921. The first-order valence-corrected chi connectivity index (χ1v) is 6.73. The molecule has 0 spiro atoms. The second kappa shape index (κ2) is 6.32. The molecule has 0 saturated heterocycles. The molecule has 0 fully saturated rings. The average molecular weight is 248 g/mol. The number of hydrogen-bond donors (Lipinski definition) is 1. The molecule has 0 amide bonds. The van der Waals surface area contributed by atoms with Gasteiger partial charge in [-0.15, -0.1) is 0 Å². The summed E-state index contributed by atoms with van der Waals surface area (Å²) < 4.78 is 5.06. The van der Waals surface area contributed by atoms with Crippen molar-refractivity contribution in [3.63, 3.8) is 0 Å². The van der Waals surface area contributed by atoms with Crippen LogP contribution in [0.2, 0.25) is 0 Å². The van der Waals surface area contributed by atoms with Gasteiger partial charge < -0.3 is 15.4 Å². The molecule has 0 heterocycles. The highest BCUT2D eigenvalue weighted by Crippen LogP contribution is 2.23. The Bertz CT molecular complexity index is 392. The van der Waals surface area contributed by atoms with Crippen molar-refractivity contribution < 1.29 is 4.74 Å². The van der Waals surface area contributed by atoms with Crippen LogP contribution in [-0.2, 0) is 24.1 Å². The van der Waals surface area contributed by atoms with Crippen LogP contribution in [0.5, 0.6) is 0 Å². The van der Waals surface area contributed by atoms with Gasteiger partial charge in [-0.05, 0) is 43.0 Å². The Morgan fingerprint density at radius 1 is 1.33 bits per heavy atom. The van der Waals surface area contributed by atoms with Gasteiger partial charge >= 0.3 is 0 Å². The topological polar surface area (TPSA) is 38.5 Å². The first-order chi connectivity index (χ1) is 8.69. The molecule has 18 heavy (non-hydrogen) atoms. The summed E-state index contributed by atoms with van der Waals surface area (Å²) in [5.41, 5.74) is 10.4. The van der Waals surface area contributed by atoms with E-state index in [0.717, 1.165) is 13.1 Å². The lowest BCUT2D eigenvalue weighted by atomic mass is 10.1. The van der Waals surface area contributed by atoms with Crippen molar-refractivity contribution in [1.29, 1.82) is 0 Å². The van der Waals surface area contributed by atoms with Crippen LogP contribution in [0, 0.1) is 0 Å². The van der Waals surface area contributed by atoms with Crippen LogP contribution in [-0.4, -0.2) is 38.3 Å². The normalized spacial score (nSPS) is 16.0. The van der Waals surface area contributed by atoms with Crippen LogP contribution in [0.1, 0.15) is 23.1 Å². The number of likely N-dealkylation sites (N-methyl/N-ethyl adjacent to an activating group) is 1. The highest BCUT2D eigenvalue weighted by molar-refractivity contribution is 5.35. The van der Waals surface area contributed by atoms with Crippen molar-refractivity contribution in [3.05, 3.63) is 34.9 Å². The minimum atomic E-state index is 0.0921. The molecule has 0 saturated carbocycles. The van der Waals surface area contributed by atoms with Crippen LogP contribution in [0.4, 0.5) is 0 Å². The molecule has 3 nitrogen and oxygen atoms in total. The van der Waals surface area contributed by atoms with Crippen molar-refractivity contribution in [1.82, 2.24) is 4.90 Å². The minimum Gasteiger partial charge on any atom is -0.383 e. The molecule has 1 atom stereocenters. The number of benzene rings is 1. The zero-order chi connectivity index (χ0) is 13.0. The van der Waals surface area contributed by atoms with Gasteiger partial charge in [0, 0.05) is 26.2 Å². The second-order valence-electron chi connectivity index (χ2n) is 5.37.